The normalized spacial score (nSPS) is 11.6. The van der Waals surface area contributed by atoms with E-state index in [-0.39, 0.29) is 5.54 Å². The van der Waals surface area contributed by atoms with Gasteiger partial charge in [0, 0.05) is 5.54 Å². The Morgan fingerprint density at radius 1 is 1.00 bits per heavy atom. The lowest BCUT2D eigenvalue weighted by Gasteiger charge is -2.29. The maximum absolute atomic E-state index is 4.30. The van der Waals surface area contributed by atoms with Crippen LogP contribution in [0.1, 0.15) is 32.4 Å². The van der Waals surface area contributed by atoms with E-state index in [1.165, 1.54) is 0 Å². The molecule has 0 aromatic carbocycles. The minimum atomic E-state index is 0.0147. The Bertz CT molecular complexity index is 312. The van der Waals surface area contributed by atoms with Gasteiger partial charge in [0.25, 0.3) is 0 Å². The molecule has 0 atom stereocenters. The van der Waals surface area contributed by atoms with Gasteiger partial charge in [-0.15, -0.1) is 0 Å². The molecule has 0 aliphatic carbocycles. The Hall–Kier alpha value is -0.460. The summed E-state index contributed by atoms with van der Waals surface area (Å²) in [6.45, 7) is 10.1. The Morgan fingerprint density at radius 3 is 1.79 bits per heavy atom. The highest BCUT2D eigenvalue weighted by Crippen LogP contribution is 2.24. The zero-order valence-electron chi connectivity index (χ0n) is 9.17. The number of anilines is 1. The van der Waals surface area contributed by atoms with Crippen LogP contribution in [0.4, 0.5) is 5.95 Å². The quantitative estimate of drug-likeness (QED) is 0.590. The largest absolute Gasteiger partial charge is 0.278 e. The Morgan fingerprint density at radius 2 is 1.43 bits per heavy atom. The highest BCUT2D eigenvalue weighted by atomic mass is 127. The summed E-state index contributed by atoms with van der Waals surface area (Å²) in [5.74, 6) is 2.25. The fourth-order valence-corrected chi connectivity index (χ4v) is 1.20. The van der Waals surface area contributed by atoms with Crippen LogP contribution in [-0.4, -0.2) is 20.5 Å². The topological polar surface area (TPSA) is 41.9 Å². The van der Waals surface area contributed by atoms with E-state index in [0.717, 1.165) is 17.6 Å². The van der Waals surface area contributed by atoms with Crippen molar-refractivity contribution in [3.05, 3.63) is 11.6 Å². The Labute approximate surface area is 98.7 Å². The van der Waals surface area contributed by atoms with Gasteiger partial charge in [-0.05, 0) is 34.6 Å². The molecular formula is C9H15IN4. The summed E-state index contributed by atoms with van der Waals surface area (Å²) in [5.41, 5.74) is 0.0147. The first kappa shape index (κ1) is 11.6. The first-order chi connectivity index (χ1) is 6.30. The van der Waals surface area contributed by atoms with Gasteiger partial charge in [-0.25, -0.2) is 4.98 Å². The molecule has 0 bridgehead atoms. The van der Waals surface area contributed by atoms with Gasteiger partial charge in [-0.2, -0.15) is 9.97 Å². The molecule has 0 spiro atoms. The van der Waals surface area contributed by atoms with Crippen molar-refractivity contribution in [2.45, 2.75) is 40.2 Å². The molecule has 0 aliphatic heterocycles. The molecule has 0 radical (unpaired) electrons. The molecule has 0 aliphatic rings. The third-order valence-electron chi connectivity index (χ3n) is 1.61. The van der Waals surface area contributed by atoms with Gasteiger partial charge >= 0.3 is 0 Å². The van der Waals surface area contributed by atoms with E-state index in [4.69, 9.17) is 0 Å². The molecule has 5 heteroatoms. The fraction of sp³-hybridized carbons (Fsp3) is 0.667. The highest BCUT2D eigenvalue weighted by Gasteiger charge is 2.22. The Kier molecular flexibility index (Phi) is 3.28. The predicted octanol–water partition coefficient (Wildman–Crippen LogP) is 2.44. The van der Waals surface area contributed by atoms with Crippen LogP contribution in [0.25, 0.3) is 0 Å². The molecule has 0 fully saturated rings. The van der Waals surface area contributed by atoms with Gasteiger partial charge in [0.2, 0.25) is 5.95 Å². The average Bonchev–Trinajstić information content (AvgIpc) is 1.99. The van der Waals surface area contributed by atoms with Gasteiger partial charge in [-0.3, -0.25) is 3.11 Å². The maximum atomic E-state index is 4.30. The van der Waals surface area contributed by atoms with Crippen molar-refractivity contribution in [3.8, 4) is 0 Å². The van der Waals surface area contributed by atoms with Crippen LogP contribution in [0.2, 0.25) is 0 Å². The molecule has 14 heavy (non-hydrogen) atoms. The highest BCUT2D eigenvalue weighted by molar-refractivity contribution is 14.1. The summed E-state index contributed by atoms with van der Waals surface area (Å²) >= 11 is 2.23. The Balaban J connectivity index is 3.07. The molecule has 1 aromatic rings. The second-order valence-corrected chi connectivity index (χ2v) is 5.15. The molecule has 1 heterocycles. The van der Waals surface area contributed by atoms with E-state index in [0.29, 0.717) is 0 Å². The summed E-state index contributed by atoms with van der Waals surface area (Å²) in [6.07, 6.45) is 0. The first-order valence-electron chi connectivity index (χ1n) is 4.46. The van der Waals surface area contributed by atoms with Crippen molar-refractivity contribution in [2.24, 2.45) is 0 Å². The van der Waals surface area contributed by atoms with Crippen LogP contribution in [0.15, 0.2) is 0 Å². The molecule has 1 rings (SSSR count). The van der Waals surface area contributed by atoms with Crippen molar-refractivity contribution in [1.82, 2.24) is 15.0 Å². The standard InChI is InChI=1S/C9H15IN4/c1-6-11-7(2)13-8(12-6)14(10)9(3,4)5/h1-5H3. The van der Waals surface area contributed by atoms with Gasteiger partial charge < -0.3 is 0 Å². The fourth-order valence-electron chi connectivity index (χ4n) is 0.986. The van der Waals surface area contributed by atoms with Crippen LogP contribution in [0.3, 0.4) is 0 Å². The van der Waals surface area contributed by atoms with Crippen molar-refractivity contribution in [2.75, 3.05) is 3.11 Å². The van der Waals surface area contributed by atoms with E-state index < -0.39 is 0 Å². The lowest BCUT2D eigenvalue weighted by molar-refractivity contribution is 0.589. The van der Waals surface area contributed by atoms with E-state index >= 15 is 0 Å². The minimum absolute atomic E-state index is 0.0147. The zero-order chi connectivity index (χ0) is 10.9. The predicted molar refractivity (Wildman–Crippen MR) is 65.6 cm³/mol. The maximum Gasteiger partial charge on any atom is 0.238 e. The third kappa shape index (κ3) is 2.76. The molecule has 4 nitrogen and oxygen atoms in total. The van der Waals surface area contributed by atoms with E-state index in [2.05, 4.69) is 58.6 Å². The molecule has 1 aromatic heterocycles. The van der Waals surface area contributed by atoms with Gasteiger partial charge in [0.1, 0.15) is 11.6 Å². The van der Waals surface area contributed by atoms with Crippen molar-refractivity contribution in [1.29, 1.82) is 0 Å². The molecule has 0 unspecified atom stereocenters. The monoisotopic (exact) mass is 306 g/mol. The summed E-state index contributed by atoms with van der Waals surface area (Å²) < 4.78 is 2.02. The molecule has 0 saturated carbocycles. The van der Waals surface area contributed by atoms with E-state index in [1.807, 2.05) is 17.0 Å². The first-order valence-corrected chi connectivity index (χ1v) is 5.42. The van der Waals surface area contributed by atoms with E-state index in [1.54, 1.807) is 0 Å². The van der Waals surface area contributed by atoms with Crippen molar-refractivity contribution >= 4 is 28.8 Å². The summed E-state index contributed by atoms with van der Waals surface area (Å²) in [6, 6.07) is 0. The SMILES string of the molecule is Cc1nc(C)nc(N(I)C(C)(C)C)n1. The molecule has 0 amide bonds. The van der Waals surface area contributed by atoms with Gasteiger partial charge in [-0.1, -0.05) is 0 Å². The van der Waals surface area contributed by atoms with Crippen LogP contribution in [0, 0.1) is 13.8 Å². The van der Waals surface area contributed by atoms with Crippen molar-refractivity contribution in [3.63, 3.8) is 0 Å². The number of hydrogen-bond acceptors (Lipinski definition) is 4. The lowest BCUT2D eigenvalue weighted by atomic mass is 10.1. The number of rotatable bonds is 1. The van der Waals surface area contributed by atoms with Crippen LogP contribution in [0.5, 0.6) is 0 Å². The molecule has 0 N–H and O–H groups in total. The lowest BCUT2D eigenvalue weighted by Crippen LogP contribution is -2.34. The second-order valence-electron chi connectivity index (χ2n) is 4.18. The van der Waals surface area contributed by atoms with Gasteiger partial charge in [0.15, 0.2) is 0 Å². The summed E-state index contributed by atoms with van der Waals surface area (Å²) in [7, 11) is 0. The minimum Gasteiger partial charge on any atom is -0.278 e. The van der Waals surface area contributed by atoms with Gasteiger partial charge in [0.05, 0.1) is 22.9 Å². The van der Waals surface area contributed by atoms with Crippen LogP contribution >= 0.6 is 22.9 Å². The summed E-state index contributed by atoms with van der Waals surface area (Å²) in [5, 5.41) is 0. The van der Waals surface area contributed by atoms with Crippen LogP contribution < -0.4 is 3.11 Å². The zero-order valence-corrected chi connectivity index (χ0v) is 11.3. The summed E-state index contributed by atoms with van der Waals surface area (Å²) in [4.78, 5) is 12.7. The number of nitrogens with zero attached hydrogens (tertiary/aromatic N) is 4. The average molecular weight is 306 g/mol. The number of aromatic nitrogens is 3. The molecule has 78 valence electrons. The molecular weight excluding hydrogens is 291 g/mol. The number of aryl methyl sites for hydroxylation is 2. The third-order valence-corrected chi connectivity index (χ3v) is 3.49. The number of halogens is 1. The second kappa shape index (κ2) is 3.96. The van der Waals surface area contributed by atoms with E-state index in [9.17, 15) is 0 Å². The number of hydrogen-bond donors (Lipinski definition) is 0. The molecule has 0 saturated heterocycles. The smallest absolute Gasteiger partial charge is 0.238 e. The van der Waals surface area contributed by atoms with Crippen molar-refractivity contribution < 1.29 is 0 Å². The van der Waals surface area contributed by atoms with Crippen LogP contribution in [-0.2, 0) is 0 Å².